The Bertz CT molecular complexity index is 1540. The Morgan fingerprint density at radius 2 is 2.05 bits per heavy atom. The molecule has 11 heteroatoms. The van der Waals surface area contributed by atoms with E-state index >= 15 is 0 Å². The molecule has 1 aliphatic heterocycles. The van der Waals surface area contributed by atoms with Gasteiger partial charge in [-0.1, -0.05) is 0 Å². The normalized spacial score (nSPS) is 15.3. The number of likely N-dealkylation sites (tertiary alicyclic amines) is 1. The molecule has 37 heavy (non-hydrogen) atoms. The van der Waals surface area contributed by atoms with Crippen molar-refractivity contribution in [2.75, 3.05) is 26.7 Å². The van der Waals surface area contributed by atoms with Gasteiger partial charge in [0.05, 0.1) is 26.2 Å². The van der Waals surface area contributed by atoms with Crippen molar-refractivity contribution < 1.29 is 24.2 Å². The number of amides is 3. The fourth-order valence-electron chi connectivity index (χ4n) is 4.82. The summed E-state index contributed by atoms with van der Waals surface area (Å²) < 4.78 is 8.98. The van der Waals surface area contributed by atoms with E-state index in [1.807, 2.05) is 36.7 Å². The van der Waals surface area contributed by atoms with E-state index in [2.05, 4.69) is 15.6 Å². The smallest absolute Gasteiger partial charge is 0.404 e. The Balaban J connectivity index is 1.39. The Morgan fingerprint density at radius 3 is 2.81 bits per heavy atom. The molecule has 0 radical (unpaired) electrons. The minimum absolute atomic E-state index is 0.0887. The minimum Gasteiger partial charge on any atom is -0.465 e. The number of ether oxygens (including phenoxy) is 1. The van der Waals surface area contributed by atoms with Gasteiger partial charge in [-0.25, -0.2) is 4.79 Å². The van der Waals surface area contributed by atoms with Gasteiger partial charge < -0.3 is 29.9 Å². The van der Waals surface area contributed by atoms with E-state index in [0.717, 1.165) is 27.7 Å². The zero-order valence-electron chi connectivity index (χ0n) is 20.7. The van der Waals surface area contributed by atoms with Crippen molar-refractivity contribution in [3.8, 4) is 11.5 Å². The van der Waals surface area contributed by atoms with Crippen molar-refractivity contribution in [1.29, 1.82) is 0 Å². The average molecular weight is 522 g/mol. The molecule has 4 aromatic rings. The summed E-state index contributed by atoms with van der Waals surface area (Å²) in [6.45, 7) is 3.34. The molecule has 0 saturated carbocycles. The van der Waals surface area contributed by atoms with Gasteiger partial charge in [0.25, 0.3) is 11.8 Å². The van der Waals surface area contributed by atoms with Crippen LogP contribution in [-0.4, -0.2) is 64.1 Å². The summed E-state index contributed by atoms with van der Waals surface area (Å²) in [6.07, 6.45) is 1.35. The van der Waals surface area contributed by atoms with E-state index < -0.39 is 6.09 Å². The second kappa shape index (κ2) is 9.74. The fourth-order valence-corrected chi connectivity index (χ4v) is 5.85. The van der Waals surface area contributed by atoms with Crippen LogP contribution in [0.25, 0.3) is 21.1 Å². The van der Waals surface area contributed by atoms with Crippen LogP contribution in [0.3, 0.4) is 0 Å². The zero-order chi connectivity index (χ0) is 26.3. The number of thiophene rings is 1. The molecule has 3 N–H and O–H groups in total. The first-order valence-electron chi connectivity index (χ1n) is 11.9. The summed E-state index contributed by atoms with van der Waals surface area (Å²) in [5.41, 5.74) is 3.05. The first kappa shape index (κ1) is 24.6. The molecule has 1 fully saturated rings. The number of carbonyl (C=O) groups excluding carboxylic acids is 2. The summed E-state index contributed by atoms with van der Waals surface area (Å²) in [4.78, 5) is 43.1. The van der Waals surface area contributed by atoms with Crippen LogP contribution in [0.15, 0.2) is 36.5 Å². The van der Waals surface area contributed by atoms with Gasteiger partial charge in [0.1, 0.15) is 11.5 Å². The van der Waals surface area contributed by atoms with Crippen molar-refractivity contribution in [2.45, 2.75) is 13.3 Å². The van der Waals surface area contributed by atoms with Gasteiger partial charge in [-0.05, 0) is 37.5 Å². The van der Waals surface area contributed by atoms with Crippen LogP contribution in [0.5, 0.6) is 11.5 Å². The minimum atomic E-state index is -1.05. The highest BCUT2D eigenvalue weighted by Crippen LogP contribution is 2.37. The predicted octanol–water partition coefficient (Wildman–Crippen LogP) is 3.98. The van der Waals surface area contributed by atoms with Crippen molar-refractivity contribution in [1.82, 2.24) is 25.1 Å². The number of benzene rings is 1. The van der Waals surface area contributed by atoms with Gasteiger partial charge in [0, 0.05) is 63.1 Å². The molecule has 1 saturated heterocycles. The number of nitrogens with zero attached hydrogens (tertiary/aromatic N) is 3. The lowest BCUT2D eigenvalue weighted by molar-refractivity contribution is 0.0792. The van der Waals surface area contributed by atoms with Gasteiger partial charge >= 0.3 is 6.09 Å². The second-order valence-electron chi connectivity index (χ2n) is 9.11. The number of hydrogen-bond acceptors (Lipinski definition) is 6. The van der Waals surface area contributed by atoms with E-state index in [1.54, 1.807) is 30.3 Å². The molecule has 5 rings (SSSR count). The van der Waals surface area contributed by atoms with Gasteiger partial charge in [-0.3, -0.25) is 14.6 Å². The van der Waals surface area contributed by atoms with E-state index in [-0.39, 0.29) is 17.7 Å². The van der Waals surface area contributed by atoms with Crippen LogP contribution >= 0.6 is 11.3 Å². The van der Waals surface area contributed by atoms with Crippen LogP contribution < -0.4 is 15.4 Å². The van der Waals surface area contributed by atoms with Crippen molar-refractivity contribution >= 4 is 50.4 Å². The van der Waals surface area contributed by atoms with Crippen LogP contribution in [0.2, 0.25) is 0 Å². The van der Waals surface area contributed by atoms with Crippen molar-refractivity contribution in [3.05, 3.63) is 52.7 Å². The molecule has 10 nitrogen and oxygen atoms in total. The van der Waals surface area contributed by atoms with E-state index in [1.165, 1.54) is 11.3 Å². The predicted molar refractivity (Wildman–Crippen MR) is 141 cm³/mol. The Hall–Kier alpha value is -4.12. The second-order valence-corrected chi connectivity index (χ2v) is 10.2. The van der Waals surface area contributed by atoms with Gasteiger partial charge in [0.15, 0.2) is 0 Å². The Labute approximate surface area is 216 Å². The molecule has 3 amide bonds. The molecule has 192 valence electrons. The lowest BCUT2D eigenvalue weighted by Crippen LogP contribution is -2.32. The van der Waals surface area contributed by atoms with Gasteiger partial charge in [-0.15, -0.1) is 11.3 Å². The van der Waals surface area contributed by atoms with E-state index in [9.17, 15) is 14.4 Å². The zero-order valence-corrected chi connectivity index (χ0v) is 21.5. The van der Waals surface area contributed by atoms with Crippen LogP contribution in [0, 0.1) is 12.8 Å². The quantitative estimate of drug-likeness (QED) is 0.352. The molecule has 0 aliphatic carbocycles. The van der Waals surface area contributed by atoms with Crippen LogP contribution in [-0.2, 0) is 7.05 Å². The first-order chi connectivity index (χ1) is 17.8. The third kappa shape index (κ3) is 4.57. The first-order valence-corrected chi connectivity index (χ1v) is 12.7. The lowest BCUT2D eigenvalue weighted by atomic mass is 10.1. The number of hydrogen-bond donors (Lipinski definition) is 3. The molecular weight excluding hydrogens is 494 g/mol. The molecule has 3 aromatic heterocycles. The number of pyridine rings is 1. The number of rotatable bonds is 6. The Morgan fingerprint density at radius 1 is 1.24 bits per heavy atom. The fraction of sp³-hybridized carbons (Fsp3) is 0.308. The Kier molecular flexibility index (Phi) is 6.46. The molecule has 1 aromatic carbocycles. The van der Waals surface area contributed by atoms with Gasteiger partial charge in [0.2, 0.25) is 0 Å². The number of carboxylic acid groups (broad SMARTS) is 1. The highest BCUT2D eigenvalue weighted by atomic mass is 32.1. The summed E-state index contributed by atoms with van der Waals surface area (Å²) in [5.74, 6) is 1.08. The lowest BCUT2D eigenvalue weighted by Gasteiger charge is -2.15. The highest BCUT2D eigenvalue weighted by Gasteiger charge is 2.28. The molecule has 1 aliphatic rings. The number of fused-ring (bicyclic) bond motifs is 2. The average Bonchev–Trinajstić information content (AvgIpc) is 3.60. The molecule has 1 unspecified atom stereocenters. The molecule has 4 heterocycles. The van der Waals surface area contributed by atoms with Crippen molar-refractivity contribution in [3.63, 3.8) is 0 Å². The number of aromatic nitrogens is 2. The number of carbonyl (C=O) groups is 3. The molecular formula is C26H27N5O5S. The topological polar surface area (TPSA) is 126 Å². The third-order valence-electron chi connectivity index (χ3n) is 6.85. The highest BCUT2D eigenvalue weighted by molar-refractivity contribution is 7.21. The third-order valence-corrected chi connectivity index (χ3v) is 7.98. The summed E-state index contributed by atoms with van der Waals surface area (Å²) >= 11 is 1.33. The molecule has 0 bridgehead atoms. The monoisotopic (exact) mass is 521 g/mol. The van der Waals surface area contributed by atoms with Gasteiger partial charge in [-0.2, -0.15) is 0 Å². The largest absolute Gasteiger partial charge is 0.465 e. The van der Waals surface area contributed by atoms with Crippen LogP contribution in [0.1, 0.15) is 32.1 Å². The molecule has 1 atom stereocenters. The summed E-state index contributed by atoms with van der Waals surface area (Å²) in [6, 6.07) is 9.16. The van der Waals surface area contributed by atoms with Crippen LogP contribution in [0.4, 0.5) is 4.79 Å². The summed E-state index contributed by atoms with van der Waals surface area (Å²) in [7, 11) is 3.53. The number of aryl methyl sites for hydroxylation is 1. The maximum absolute atomic E-state index is 13.2. The maximum Gasteiger partial charge on any atom is 0.404 e. The van der Waals surface area contributed by atoms with E-state index in [0.29, 0.717) is 47.1 Å². The SMILES string of the molecule is CNC(=O)c1c(C)n(C)c2cc(Oc3ccnc4cc(C(=O)N5CCC(CNC(=O)O)C5)sc34)ccc12. The number of nitrogens with one attached hydrogen (secondary N) is 2. The maximum atomic E-state index is 13.2. The molecule has 0 spiro atoms. The van der Waals surface area contributed by atoms with E-state index in [4.69, 9.17) is 9.84 Å². The summed E-state index contributed by atoms with van der Waals surface area (Å²) in [5, 5.41) is 14.8. The van der Waals surface area contributed by atoms with Crippen molar-refractivity contribution in [2.24, 2.45) is 13.0 Å². The standard InChI is InChI=1S/C26H27N5O5S/c1-14-22(24(32)27-2)17-5-4-16(10-19(17)30(14)3)36-20-6-8-28-18-11-21(37-23(18)20)25(33)31-9-7-15(13-31)12-29-26(34)35/h4-6,8,10-11,15,29H,7,9,12-13H2,1-3H3,(H,27,32)(H,34,35).